The fourth-order valence-corrected chi connectivity index (χ4v) is 2.93. The molecule has 0 spiro atoms. The summed E-state index contributed by atoms with van der Waals surface area (Å²) in [6.45, 7) is 0.491. The molecular formula is C17H23F3N2O. The molecule has 2 rings (SSSR count). The fourth-order valence-electron chi connectivity index (χ4n) is 2.93. The van der Waals surface area contributed by atoms with Crippen LogP contribution in [-0.2, 0) is 11.0 Å². The number of para-hydroxylation sites is 1. The lowest BCUT2D eigenvalue weighted by atomic mass is 10.1. The number of rotatable bonds is 5. The molecule has 0 saturated heterocycles. The maximum Gasteiger partial charge on any atom is 0.418 e. The number of benzene rings is 1. The van der Waals surface area contributed by atoms with Crippen LogP contribution >= 0.6 is 0 Å². The van der Waals surface area contributed by atoms with E-state index in [0.29, 0.717) is 12.6 Å². The highest BCUT2D eigenvalue weighted by molar-refractivity contribution is 5.91. The highest BCUT2D eigenvalue weighted by atomic mass is 19.4. The molecule has 0 unspecified atom stereocenters. The molecule has 1 fully saturated rings. The quantitative estimate of drug-likeness (QED) is 0.789. The fraction of sp³-hybridized carbons (Fsp3) is 0.588. The zero-order chi connectivity index (χ0) is 16.7. The Morgan fingerprint density at radius 1 is 1.09 bits per heavy atom. The van der Waals surface area contributed by atoms with Crippen molar-refractivity contribution in [3.05, 3.63) is 29.8 Å². The maximum atomic E-state index is 12.9. The van der Waals surface area contributed by atoms with Gasteiger partial charge in [0.05, 0.1) is 11.3 Å². The zero-order valence-corrected chi connectivity index (χ0v) is 13.1. The van der Waals surface area contributed by atoms with Gasteiger partial charge < -0.3 is 10.6 Å². The Bertz CT molecular complexity index is 509. The van der Waals surface area contributed by atoms with Gasteiger partial charge in [-0.2, -0.15) is 13.2 Å². The molecule has 23 heavy (non-hydrogen) atoms. The third kappa shape index (κ3) is 5.86. The molecule has 3 nitrogen and oxygen atoms in total. The number of alkyl halides is 3. The second kappa shape index (κ2) is 8.34. The van der Waals surface area contributed by atoms with Crippen molar-refractivity contribution in [3.8, 4) is 0 Å². The molecule has 1 aliphatic rings. The van der Waals surface area contributed by atoms with Crippen molar-refractivity contribution in [2.24, 2.45) is 0 Å². The van der Waals surface area contributed by atoms with Crippen molar-refractivity contribution < 1.29 is 18.0 Å². The van der Waals surface area contributed by atoms with Crippen LogP contribution in [0.4, 0.5) is 18.9 Å². The minimum atomic E-state index is -4.47. The van der Waals surface area contributed by atoms with Crippen LogP contribution in [0.3, 0.4) is 0 Å². The van der Waals surface area contributed by atoms with Crippen molar-refractivity contribution in [2.75, 3.05) is 11.9 Å². The lowest BCUT2D eigenvalue weighted by Gasteiger charge is -2.16. The van der Waals surface area contributed by atoms with E-state index in [2.05, 4.69) is 10.6 Å². The van der Waals surface area contributed by atoms with Crippen LogP contribution in [0, 0.1) is 0 Å². The van der Waals surface area contributed by atoms with Crippen LogP contribution in [0.5, 0.6) is 0 Å². The van der Waals surface area contributed by atoms with Gasteiger partial charge >= 0.3 is 6.18 Å². The maximum absolute atomic E-state index is 12.9. The standard InChI is InChI=1S/C17H23F3N2O/c18-17(19,20)14-9-5-6-10-15(14)22-16(23)11-12-21-13-7-3-1-2-4-8-13/h5-6,9-10,13,21H,1-4,7-8,11-12H2,(H,22,23). The van der Waals surface area contributed by atoms with E-state index in [-0.39, 0.29) is 12.1 Å². The van der Waals surface area contributed by atoms with E-state index < -0.39 is 17.6 Å². The summed E-state index contributed by atoms with van der Waals surface area (Å²) in [5.41, 5.74) is -0.996. The van der Waals surface area contributed by atoms with Gasteiger partial charge in [-0.1, -0.05) is 37.8 Å². The molecule has 1 saturated carbocycles. The molecule has 1 amide bonds. The molecule has 6 heteroatoms. The van der Waals surface area contributed by atoms with Crippen LogP contribution < -0.4 is 10.6 Å². The average Bonchev–Trinajstić information content (AvgIpc) is 2.75. The molecule has 2 N–H and O–H groups in total. The molecule has 1 aliphatic carbocycles. The Hall–Kier alpha value is -1.56. The van der Waals surface area contributed by atoms with Crippen LogP contribution in [0.2, 0.25) is 0 Å². The van der Waals surface area contributed by atoms with Crippen molar-refractivity contribution >= 4 is 11.6 Å². The average molecular weight is 328 g/mol. The summed E-state index contributed by atoms with van der Waals surface area (Å²) in [6, 6.07) is 5.47. The minimum Gasteiger partial charge on any atom is -0.325 e. The van der Waals surface area contributed by atoms with E-state index in [1.54, 1.807) is 0 Å². The van der Waals surface area contributed by atoms with Crippen molar-refractivity contribution in [3.63, 3.8) is 0 Å². The number of carbonyl (C=O) groups is 1. The van der Waals surface area contributed by atoms with E-state index in [1.807, 2.05) is 0 Å². The van der Waals surface area contributed by atoms with Gasteiger partial charge in [-0.15, -0.1) is 0 Å². The van der Waals surface area contributed by atoms with Crippen molar-refractivity contribution in [1.29, 1.82) is 0 Å². The molecule has 0 bridgehead atoms. The molecule has 0 radical (unpaired) electrons. The molecule has 128 valence electrons. The molecular weight excluding hydrogens is 305 g/mol. The Labute approximate surface area is 134 Å². The van der Waals surface area contributed by atoms with Gasteiger partial charge in [0.15, 0.2) is 0 Å². The van der Waals surface area contributed by atoms with E-state index in [4.69, 9.17) is 0 Å². The number of anilines is 1. The van der Waals surface area contributed by atoms with Gasteiger partial charge in [0, 0.05) is 19.0 Å². The van der Waals surface area contributed by atoms with Crippen LogP contribution in [0.25, 0.3) is 0 Å². The Kier molecular flexibility index (Phi) is 6.45. The monoisotopic (exact) mass is 328 g/mol. The smallest absolute Gasteiger partial charge is 0.325 e. The third-order valence-corrected chi connectivity index (χ3v) is 4.15. The van der Waals surface area contributed by atoms with Gasteiger partial charge in [0.1, 0.15) is 0 Å². The Balaban J connectivity index is 1.81. The SMILES string of the molecule is O=C(CCNC1CCCCCC1)Nc1ccccc1C(F)(F)F. The highest BCUT2D eigenvalue weighted by Gasteiger charge is 2.33. The Morgan fingerprint density at radius 2 is 1.74 bits per heavy atom. The second-order valence-electron chi connectivity index (χ2n) is 5.98. The molecule has 0 aromatic heterocycles. The van der Waals surface area contributed by atoms with E-state index in [0.717, 1.165) is 18.9 Å². The zero-order valence-electron chi connectivity index (χ0n) is 13.1. The normalized spacial score (nSPS) is 16.8. The summed E-state index contributed by atoms with van der Waals surface area (Å²) in [4.78, 5) is 11.9. The summed E-state index contributed by atoms with van der Waals surface area (Å²) in [7, 11) is 0. The molecule has 1 aromatic carbocycles. The van der Waals surface area contributed by atoms with Crippen LogP contribution in [0.15, 0.2) is 24.3 Å². The molecule has 0 atom stereocenters. The van der Waals surface area contributed by atoms with Crippen LogP contribution in [0.1, 0.15) is 50.5 Å². The number of amides is 1. The van der Waals surface area contributed by atoms with Gasteiger partial charge in [0.25, 0.3) is 0 Å². The van der Waals surface area contributed by atoms with Crippen molar-refractivity contribution in [1.82, 2.24) is 5.32 Å². The molecule has 0 heterocycles. The Morgan fingerprint density at radius 3 is 2.39 bits per heavy atom. The number of hydrogen-bond donors (Lipinski definition) is 2. The van der Waals surface area contributed by atoms with E-state index >= 15 is 0 Å². The third-order valence-electron chi connectivity index (χ3n) is 4.15. The largest absolute Gasteiger partial charge is 0.418 e. The van der Waals surface area contributed by atoms with E-state index in [1.165, 1.54) is 43.9 Å². The summed E-state index contributed by atoms with van der Waals surface area (Å²) in [5, 5.41) is 5.71. The predicted molar refractivity (Wildman–Crippen MR) is 84.2 cm³/mol. The summed E-state index contributed by atoms with van der Waals surface area (Å²) in [5.74, 6) is -0.400. The summed E-state index contributed by atoms with van der Waals surface area (Å²) in [6.07, 6.45) is 2.83. The summed E-state index contributed by atoms with van der Waals surface area (Å²) < 4.78 is 38.6. The number of nitrogens with one attached hydrogen (secondary N) is 2. The predicted octanol–water partition coefficient (Wildman–Crippen LogP) is 4.35. The first kappa shape index (κ1) is 17.8. The lowest BCUT2D eigenvalue weighted by Crippen LogP contribution is -2.31. The van der Waals surface area contributed by atoms with Gasteiger partial charge in [0.2, 0.25) is 5.91 Å². The molecule has 0 aliphatic heterocycles. The van der Waals surface area contributed by atoms with Gasteiger partial charge in [-0.25, -0.2) is 0 Å². The number of carbonyl (C=O) groups excluding carboxylic acids is 1. The minimum absolute atomic E-state index is 0.169. The first-order chi connectivity index (χ1) is 11.0. The number of halogens is 3. The lowest BCUT2D eigenvalue weighted by molar-refractivity contribution is -0.137. The van der Waals surface area contributed by atoms with Gasteiger partial charge in [-0.3, -0.25) is 4.79 Å². The van der Waals surface area contributed by atoms with E-state index in [9.17, 15) is 18.0 Å². The topological polar surface area (TPSA) is 41.1 Å². The highest BCUT2D eigenvalue weighted by Crippen LogP contribution is 2.34. The second-order valence-corrected chi connectivity index (χ2v) is 5.98. The van der Waals surface area contributed by atoms with Crippen molar-refractivity contribution in [2.45, 2.75) is 57.2 Å². The first-order valence-corrected chi connectivity index (χ1v) is 8.16. The molecule has 1 aromatic rings. The van der Waals surface area contributed by atoms with Crippen LogP contribution in [-0.4, -0.2) is 18.5 Å². The first-order valence-electron chi connectivity index (χ1n) is 8.16. The number of hydrogen-bond acceptors (Lipinski definition) is 2. The van der Waals surface area contributed by atoms with Gasteiger partial charge in [-0.05, 0) is 25.0 Å². The summed E-state index contributed by atoms with van der Waals surface area (Å²) >= 11 is 0.